The van der Waals surface area contributed by atoms with Gasteiger partial charge in [0.1, 0.15) is 22.3 Å². The van der Waals surface area contributed by atoms with Gasteiger partial charge in [0.15, 0.2) is 17.5 Å². The van der Waals surface area contributed by atoms with E-state index in [1.54, 1.807) is 0 Å². The molecule has 0 amide bonds. The van der Waals surface area contributed by atoms with Crippen LogP contribution in [-0.2, 0) is 0 Å². The molecule has 68 heavy (non-hydrogen) atoms. The SMILES string of the molecule is c1ccc(-n2c3ccccc3c3cccc(-c4nc(-c5cccc6c5oc5ccccc56)nc(-c5cc(-n6c7ccccc7c7cc8ccccc8cc76)cc6oc7ccccc7c56)n4)c32)cc1. The Morgan fingerprint density at radius 2 is 0.868 bits per heavy atom. The van der Waals surface area contributed by atoms with Gasteiger partial charge in [0.2, 0.25) is 0 Å². The van der Waals surface area contributed by atoms with E-state index in [2.05, 4.69) is 191 Å². The van der Waals surface area contributed by atoms with Crippen LogP contribution in [0.25, 0.3) is 144 Å². The maximum atomic E-state index is 6.82. The number of para-hydroxylation sites is 7. The van der Waals surface area contributed by atoms with Gasteiger partial charge in [-0.05, 0) is 77.5 Å². The summed E-state index contributed by atoms with van der Waals surface area (Å²) in [5.74, 6) is 1.56. The standard InChI is InChI=1S/C61H35N5O2/c1-2-18-38(19-3-1)66-51-29-11-6-20-40(51)43-24-14-26-46(57(43)66)59-62-60(47-27-15-25-44-42-22-8-12-30-53(42)68-58(44)47)64-61(63-59)49-34-39(35-55-56(49)45-23-9-13-31-54(45)67-55)65-50-28-10-7-21-41(50)48-32-36-16-4-5-17-37(36)33-52(48)65/h1-35H. The average Bonchev–Trinajstić information content (AvgIpc) is 4.15. The maximum absolute atomic E-state index is 6.82. The van der Waals surface area contributed by atoms with Crippen LogP contribution in [0.1, 0.15) is 0 Å². The highest BCUT2D eigenvalue weighted by molar-refractivity contribution is 6.17. The minimum atomic E-state index is 0.503. The molecule has 15 rings (SSSR count). The lowest BCUT2D eigenvalue weighted by Gasteiger charge is -2.14. The van der Waals surface area contributed by atoms with Gasteiger partial charge in [0.25, 0.3) is 0 Å². The highest BCUT2D eigenvalue weighted by Crippen LogP contribution is 2.44. The van der Waals surface area contributed by atoms with Crippen LogP contribution in [0.2, 0.25) is 0 Å². The van der Waals surface area contributed by atoms with Crippen molar-refractivity contribution in [3.63, 3.8) is 0 Å². The van der Waals surface area contributed by atoms with Gasteiger partial charge in [-0.15, -0.1) is 0 Å². The zero-order valence-corrected chi connectivity index (χ0v) is 36.3. The summed E-state index contributed by atoms with van der Waals surface area (Å²) in [4.78, 5) is 16.6. The van der Waals surface area contributed by atoms with Crippen molar-refractivity contribution in [1.29, 1.82) is 0 Å². The van der Waals surface area contributed by atoms with Crippen LogP contribution in [0.4, 0.5) is 0 Å². The third-order valence-corrected chi connectivity index (χ3v) is 13.7. The van der Waals surface area contributed by atoms with Crippen molar-refractivity contribution >= 4 is 98.3 Å². The minimum absolute atomic E-state index is 0.503. The van der Waals surface area contributed by atoms with Crippen LogP contribution in [-0.4, -0.2) is 24.1 Å². The Labute approximate surface area is 387 Å². The van der Waals surface area contributed by atoms with Crippen molar-refractivity contribution in [3.05, 3.63) is 212 Å². The molecule has 0 aliphatic rings. The molecule has 0 atom stereocenters. The molecule has 0 aliphatic carbocycles. The summed E-state index contributed by atoms with van der Waals surface area (Å²) in [6, 6.07) is 74.3. The molecular formula is C61H35N5O2. The van der Waals surface area contributed by atoms with Crippen molar-refractivity contribution in [2.45, 2.75) is 0 Å². The van der Waals surface area contributed by atoms with E-state index >= 15 is 0 Å². The topological polar surface area (TPSA) is 74.8 Å². The Morgan fingerprint density at radius 1 is 0.309 bits per heavy atom. The monoisotopic (exact) mass is 869 g/mol. The van der Waals surface area contributed by atoms with Crippen molar-refractivity contribution in [2.24, 2.45) is 0 Å². The summed E-state index contributed by atoms with van der Waals surface area (Å²) < 4.78 is 18.2. The van der Waals surface area contributed by atoms with Crippen molar-refractivity contribution < 1.29 is 8.83 Å². The first-order valence-electron chi connectivity index (χ1n) is 22.8. The number of hydrogen-bond donors (Lipinski definition) is 0. The quantitative estimate of drug-likeness (QED) is 0.172. The third kappa shape index (κ3) is 5.32. The highest BCUT2D eigenvalue weighted by atomic mass is 16.3. The molecule has 316 valence electrons. The molecule has 0 aliphatic heterocycles. The lowest BCUT2D eigenvalue weighted by atomic mass is 10.0. The minimum Gasteiger partial charge on any atom is -0.456 e. The largest absolute Gasteiger partial charge is 0.456 e. The van der Waals surface area contributed by atoms with Gasteiger partial charge in [-0.3, -0.25) is 0 Å². The van der Waals surface area contributed by atoms with Gasteiger partial charge in [-0.25, -0.2) is 15.0 Å². The second kappa shape index (κ2) is 14.1. The molecule has 0 saturated heterocycles. The summed E-state index contributed by atoms with van der Waals surface area (Å²) in [5.41, 5.74) is 11.8. The lowest BCUT2D eigenvalue weighted by Crippen LogP contribution is -2.03. The van der Waals surface area contributed by atoms with Gasteiger partial charge in [-0.1, -0.05) is 140 Å². The van der Waals surface area contributed by atoms with Gasteiger partial charge < -0.3 is 18.0 Å². The van der Waals surface area contributed by atoms with E-state index in [1.165, 1.54) is 21.5 Å². The normalized spacial score (nSPS) is 12.1. The van der Waals surface area contributed by atoms with Crippen LogP contribution < -0.4 is 0 Å². The summed E-state index contributed by atoms with van der Waals surface area (Å²) in [5, 5.41) is 10.9. The molecule has 15 aromatic rings. The molecule has 0 bridgehead atoms. The van der Waals surface area contributed by atoms with Gasteiger partial charge in [0.05, 0.1) is 33.3 Å². The van der Waals surface area contributed by atoms with Crippen LogP contribution in [0.5, 0.6) is 0 Å². The van der Waals surface area contributed by atoms with Crippen molar-refractivity contribution in [3.8, 4) is 45.5 Å². The summed E-state index contributed by atoms with van der Waals surface area (Å²) in [6.07, 6.45) is 0. The molecule has 7 nitrogen and oxygen atoms in total. The van der Waals surface area contributed by atoms with E-state index in [0.717, 1.165) is 105 Å². The molecule has 10 aromatic carbocycles. The molecule has 0 radical (unpaired) electrons. The van der Waals surface area contributed by atoms with Crippen LogP contribution in [0.15, 0.2) is 221 Å². The van der Waals surface area contributed by atoms with Crippen molar-refractivity contribution in [1.82, 2.24) is 24.1 Å². The summed E-state index contributed by atoms with van der Waals surface area (Å²) in [7, 11) is 0. The van der Waals surface area contributed by atoms with E-state index in [4.69, 9.17) is 23.8 Å². The van der Waals surface area contributed by atoms with E-state index in [9.17, 15) is 0 Å². The first kappa shape index (κ1) is 36.9. The zero-order chi connectivity index (χ0) is 44.5. The molecule has 5 heterocycles. The van der Waals surface area contributed by atoms with Crippen LogP contribution >= 0.6 is 0 Å². The Kier molecular flexibility index (Phi) is 7.65. The molecule has 0 saturated carbocycles. The fourth-order valence-electron chi connectivity index (χ4n) is 10.8. The molecule has 0 fully saturated rings. The molecule has 5 aromatic heterocycles. The Balaban J connectivity index is 1.08. The highest BCUT2D eigenvalue weighted by Gasteiger charge is 2.25. The second-order valence-corrected chi connectivity index (χ2v) is 17.5. The smallest absolute Gasteiger partial charge is 0.167 e. The number of nitrogens with zero attached hydrogens (tertiary/aromatic N) is 5. The van der Waals surface area contributed by atoms with Gasteiger partial charge in [-0.2, -0.15) is 0 Å². The van der Waals surface area contributed by atoms with E-state index in [-0.39, 0.29) is 0 Å². The Morgan fingerprint density at radius 3 is 1.65 bits per heavy atom. The predicted octanol–water partition coefficient (Wildman–Crippen LogP) is 16.0. The fraction of sp³-hybridized carbons (Fsp3) is 0. The second-order valence-electron chi connectivity index (χ2n) is 17.5. The molecule has 7 heteroatoms. The van der Waals surface area contributed by atoms with Gasteiger partial charge in [0, 0.05) is 66.0 Å². The van der Waals surface area contributed by atoms with Crippen LogP contribution in [0, 0.1) is 0 Å². The number of fused-ring (bicyclic) bond motifs is 13. The van der Waals surface area contributed by atoms with E-state index in [1.807, 2.05) is 30.3 Å². The van der Waals surface area contributed by atoms with Crippen molar-refractivity contribution in [2.75, 3.05) is 0 Å². The Bertz CT molecular complexity index is 4570. The van der Waals surface area contributed by atoms with Crippen LogP contribution in [0.3, 0.4) is 0 Å². The maximum Gasteiger partial charge on any atom is 0.167 e. The summed E-state index contributed by atoms with van der Waals surface area (Å²) >= 11 is 0. The number of benzene rings is 10. The first-order chi connectivity index (χ1) is 33.7. The number of hydrogen-bond acceptors (Lipinski definition) is 5. The molecular weight excluding hydrogens is 835 g/mol. The predicted molar refractivity (Wildman–Crippen MR) is 277 cm³/mol. The van der Waals surface area contributed by atoms with Gasteiger partial charge >= 0.3 is 0 Å². The summed E-state index contributed by atoms with van der Waals surface area (Å²) in [6.45, 7) is 0. The number of aromatic nitrogens is 5. The Hall–Kier alpha value is -9.33. The zero-order valence-electron chi connectivity index (χ0n) is 36.3. The molecule has 0 spiro atoms. The average molecular weight is 870 g/mol. The lowest BCUT2D eigenvalue weighted by molar-refractivity contribution is 0.668. The van der Waals surface area contributed by atoms with E-state index < -0.39 is 0 Å². The third-order valence-electron chi connectivity index (χ3n) is 13.7. The molecule has 0 unspecified atom stereocenters. The first-order valence-corrected chi connectivity index (χ1v) is 22.8. The number of furan rings is 2. The van der Waals surface area contributed by atoms with E-state index in [0.29, 0.717) is 17.5 Å². The fourth-order valence-corrected chi connectivity index (χ4v) is 10.8. The number of rotatable bonds is 5. The molecule has 0 N–H and O–H groups in total.